The molecule has 1 heterocycles. The Morgan fingerprint density at radius 2 is 1.53 bits per heavy atom. The van der Waals surface area contributed by atoms with Gasteiger partial charge in [-0.25, -0.2) is 9.78 Å². The third-order valence-corrected chi connectivity index (χ3v) is 4.36. The van der Waals surface area contributed by atoms with E-state index in [1.807, 2.05) is 0 Å². The third-order valence-electron chi connectivity index (χ3n) is 4.36. The van der Waals surface area contributed by atoms with E-state index >= 15 is 0 Å². The number of carboxylic acid groups (broad SMARTS) is 2. The van der Waals surface area contributed by atoms with Crippen molar-refractivity contribution in [1.82, 2.24) is 25.9 Å². The highest BCUT2D eigenvalue weighted by atomic mass is 16.4. The molecule has 0 saturated carbocycles. The highest BCUT2D eigenvalue weighted by Gasteiger charge is 2.31. The highest BCUT2D eigenvalue weighted by Crippen LogP contribution is 2.08. The van der Waals surface area contributed by atoms with Crippen LogP contribution in [-0.4, -0.2) is 74.0 Å². The maximum absolute atomic E-state index is 12.9. The zero-order valence-corrected chi connectivity index (χ0v) is 18.1. The number of imidazole rings is 1. The van der Waals surface area contributed by atoms with Crippen molar-refractivity contribution < 1.29 is 34.2 Å². The van der Waals surface area contributed by atoms with Crippen molar-refractivity contribution in [2.45, 2.75) is 64.2 Å². The Morgan fingerprint density at radius 3 is 2.00 bits per heavy atom. The summed E-state index contributed by atoms with van der Waals surface area (Å²) in [4.78, 5) is 66.5. The average Bonchev–Trinajstić information content (AvgIpc) is 3.18. The smallest absolute Gasteiger partial charge is 0.326 e. The molecule has 13 nitrogen and oxygen atoms in total. The fourth-order valence-electron chi connectivity index (χ4n) is 2.75. The van der Waals surface area contributed by atoms with Crippen LogP contribution in [0.15, 0.2) is 12.5 Å². The van der Waals surface area contributed by atoms with Crippen LogP contribution in [0, 0.1) is 5.92 Å². The van der Waals surface area contributed by atoms with Crippen molar-refractivity contribution in [2.24, 2.45) is 11.7 Å². The van der Waals surface area contributed by atoms with Gasteiger partial charge in [0.25, 0.3) is 0 Å². The van der Waals surface area contributed by atoms with Gasteiger partial charge in [-0.2, -0.15) is 0 Å². The summed E-state index contributed by atoms with van der Waals surface area (Å²) < 4.78 is 0. The fraction of sp³-hybridized carbons (Fsp3) is 0.579. The van der Waals surface area contributed by atoms with E-state index in [1.54, 1.807) is 13.8 Å². The van der Waals surface area contributed by atoms with Crippen LogP contribution >= 0.6 is 0 Å². The Morgan fingerprint density at radius 1 is 0.969 bits per heavy atom. The molecule has 4 unspecified atom stereocenters. The predicted molar refractivity (Wildman–Crippen MR) is 111 cm³/mol. The minimum Gasteiger partial charge on any atom is -0.481 e. The number of hydrogen-bond donors (Lipinski definition) is 7. The van der Waals surface area contributed by atoms with Crippen LogP contribution in [-0.2, 0) is 30.4 Å². The maximum atomic E-state index is 12.9. The number of nitrogens with one attached hydrogen (secondary N) is 4. The zero-order valence-electron chi connectivity index (χ0n) is 18.1. The number of amides is 3. The molecule has 4 atom stereocenters. The lowest BCUT2D eigenvalue weighted by molar-refractivity contribution is -0.147. The van der Waals surface area contributed by atoms with Crippen LogP contribution in [0.4, 0.5) is 0 Å². The molecule has 0 fully saturated rings. The summed E-state index contributed by atoms with van der Waals surface area (Å²) in [5, 5.41) is 25.2. The van der Waals surface area contributed by atoms with Gasteiger partial charge in [0.15, 0.2) is 0 Å². The van der Waals surface area contributed by atoms with E-state index in [4.69, 9.17) is 15.9 Å². The Bertz CT molecular complexity index is 809. The summed E-state index contributed by atoms with van der Waals surface area (Å²) in [5.41, 5.74) is 6.11. The molecule has 1 aromatic rings. The number of rotatable bonds is 13. The molecule has 32 heavy (non-hydrogen) atoms. The number of carbonyl (C=O) groups excluding carboxylic acids is 3. The van der Waals surface area contributed by atoms with Gasteiger partial charge in [0, 0.05) is 18.3 Å². The summed E-state index contributed by atoms with van der Waals surface area (Å²) >= 11 is 0. The summed E-state index contributed by atoms with van der Waals surface area (Å²) in [5.74, 6) is -5.11. The van der Waals surface area contributed by atoms with Gasteiger partial charge in [0.2, 0.25) is 17.7 Å². The number of H-pyrrole nitrogens is 1. The monoisotopic (exact) mass is 454 g/mol. The number of aromatic amines is 1. The van der Waals surface area contributed by atoms with E-state index in [1.165, 1.54) is 19.4 Å². The topological polar surface area (TPSA) is 217 Å². The zero-order chi connectivity index (χ0) is 24.4. The van der Waals surface area contributed by atoms with Crippen LogP contribution < -0.4 is 21.7 Å². The molecule has 0 saturated heterocycles. The SMILES string of the molecule is CC(C)CC(NC(=O)C(Cc1cnc[nH]1)NC(=O)C(C)N)C(=O)NC(CC(=O)O)C(=O)O. The molecule has 0 aromatic carbocycles. The minimum atomic E-state index is -1.66. The Labute approximate surface area is 184 Å². The number of carbonyl (C=O) groups is 5. The van der Waals surface area contributed by atoms with E-state index in [9.17, 15) is 24.0 Å². The quantitative estimate of drug-likeness (QED) is 0.181. The van der Waals surface area contributed by atoms with E-state index < -0.39 is 60.2 Å². The lowest BCUT2D eigenvalue weighted by Crippen LogP contribution is -2.57. The fourth-order valence-corrected chi connectivity index (χ4v) is 2.75. The molecule has 0 bridgehead atoms. The maximum Gasteiger partial charge on any atom is 0.326 e. The second-order valence-electron chi connectivity index (χ2n) is 7.82. The second-order valence-corrected chi connectivity index (χ2v) is 7.82. The van der Waals surface area contributed by atoms with Crippen LogP contribution in [0.1, 0.15) is 39.3 Å². The minimum absolute atomic E-state index is 0.0388. The van der Waals surface area contributed by atoms with Gasteiger partial charge in [0.1, 0.15) is 18.1 Å². The van der Waals surface area contributed by atoms with Gasteiger partial charge in [-0.1, -0.05) is 13.8 Å². The summed E-state index contributed by atoms with van der Waals surface area (Å²) in [6, 6.07) is -4.79. The standard InChI is InChI=1S/C19H30N6O7/c1-9(2)4-12(17(29)25-14(19(31)32)6-15(26)27)24-18(30)13(23-16(28)10(3)20)5-11-7-21-8-22-11/h7-10,12-14H,4-6,20H2,1-3H3,(H,21,22)(H,23,28)(H,24,30)(H,25,29)(H,26,27)(H,31,32). The Hall–Kier alpha value is -3.48. The first-order valence-electron chi connectivity index (χ1n) is 9.99. The molecule has 0 aliphatic heterocycles. The number of aromatic nitrogens is 2. The van der Waals surface area contributed by atoms with Crippen LogP contribution in [0.5, 0.6) is 0 Å². The average molecular weight is 454 g/mol. The van der Waals surface area contributed by atoms with Crippen LogP contribution in [0.2, 0.25) is 0 Å². The Kier molecular flexibility index (Phi) is 10.3. The molecular weight excluding hydrogens is 424 g/mol. The molecule has 13 heteroatoms. The van der Waals surface area contributed by atoms with Gasteiger partial charge in [-0.05, 0) is 19.3 Å². The first-order chi connectivity index (χ1) is 14.9. The summed E-state index contributed by atoms with van der Waals surface area (Å²) in [6.45, 7) is 5.03. The number of aliphatic carboxylic acids is 2. The predicted octanol–water partition coefficient (Wildman–Crippen LogP) is -1.64. The van der Waals surface area contributed by atoms with E-state index in [0.29, 0.717) is 5.69 Å². The molecule has 0 spiro atoms. The third kappa shape index (κ3) is 9.12. The highest BCUT2D eigenvalue weighted by molar-refractivity contribution is 5.94. The van der Waals surface area contributed by atoms with Crippen molar-refractivity contribution in [3.63, 3.8) is 0 Å². The lowest BCUT2D eigenvalue weighted by Gasteiger charge is -2.25. The molecule has 0 aliphatic rings. The number of nitrogens with zero attached hydrogens (tertiary/aromatic N) is 1. The van der Waals surface area contributed by atoms with Crippen LogP contribution in [0.3, 0.4) is 0 Å². The van der Waals surface area contributed by atoms with E-state index in [-0.39, 0.29) is 18.8 Å². The molecule has 8 N–H and O–H groups in total. The van der Waals surface area contributed by atoms with Crippen molar-refractivity contribution in [2.75, 3.05) is 0 Å². The largest absolute Gasteiger partial charge is 0.481 e. The van der Waals surface area contributed by atoms with Crippen molar-refractivity contribution in [3.05, 3.63) is 18.2 Å². The van der Waals surface area contributed by atoms with Gasteiger partial charge in [-0.3, -0.25) is 19.2 Å². The molecule has 1 aromatic heterocycles. The second kappa shape index (κ2) is 12.4. The molecule has 178 valence electrons. The van der Waals surface area contributed by atoms with Crippen molar-refractivity contribution >= 4 is 29.7 Å². The molecule has 0 radical (unpaired) electrons. The normalized spacial score (nSPS) is 14.7. The number of hydrogen-bond acceptors (Lipinski definition) is 7. The summed E-state index contributed by atoms with van der Waals surface area (Å²) in [6.07, 6.45) is 2.24. The first kappa shape index (κ1) is 26.6. The molecule has 3 amide bonds. The number of carboxylic acids is 2. The van der Waals surface area contributed by atoms with Gasteiger partial charge in [0.05, 0.1) is 18.8 Å². The van der Waals surface area contributed by atoms with Crippen molar-refractivity contribution in [1.29, 1.82) is 0 Å². The molecular formula is C19H30N6O7. The van der Waals surface area contributed by atoms with E-state index in [2.05, 4.69) is 25.9 Å². The summed E-state index contributed by atoms with van der Waals surface area (Å²) in [7, 11) is 0. The first-order valence-corrected chi connectivity index (χ1v) is 9.99. The van der Waals surface area contributed by atoms with Crippen molar-refractivity contribution in [3.8, 4) is 0 Å². The Balaban J connectivity index is 3.02. The lowest BCUT2D eigenvalue weighted by atomic mass is 10.0. The van der Waals surface area contributed by atoms with Crippen LogP contribution in [0.25, 0.3) is 0 Å². The van der Waals surface area contributed by atoms with Gasteiger partial charge in [-0.15, -0.1) is 0 Å². The van der Waals surface area contributed by atoms with Gasteiger partial charge >= 0.3 is 11.9 Å². The van der Waals surface area contributed by atoms with E-state index in [0.717, 1.165) is 0 Å². The number of nitrogens with two attached hydrogens (primary N) is 1. The molecule has 0 aliphatic carbocycles. The molecule has 1 rings (SSSR count). The van der Waals surface area contributed by atoms with Gasteiger partial charge < -0.3 is 36.9 Å².